The van der Waals surface area contributed by atoms with Gasteiger partial charge in [0.25, 0.3) is 0 Å². The maximum absolute atomic E-state index is 13.5. The normalized spacial score (nSPS) is 10.8. The standard InChI is InChI=1S/C16H13ClFN3/c17-12-5-6-13-15(9-12)20-10-21-16(13)19-8-7-11-3-1-2-4-14(11)18/h1-6,9-10H,7-8H2,(H,19,20,21). The van der Waals surface area contributed by atoms with Crippen molar-refractivity contribution in [1.29, 1.82) is 0 Å². The lowest BCUT2D eigenvalue weighted by Gasteiger charge is -2.09. The minimum absolute atomic E-state index is 0.182. The minimum atomic E-state index is -0.182. The molecule has 1 heterocycles. The number of fused-ring (bicyclic) bond motifs is 1. The number of hydrogen-bond acceptors (Lipinski definition) is 3. The Hall–Kier alpha value is -2.20. The van der Waals surface area contributed by atoms with Gasteiger partial charge in [-0.15, -0.1) is 0 Å². The van der Waals surface area contributed by atoms with Crippen LogP contribution in [0.2, 0.25) is 5.02 Å². The first-order valence-corrected chi connectivity index (χ1v) is 6.99. The number of benzene rings is 2. The molecular formula is C16H13ClFN3. The van der Waals surface area contributed by atoms with Crippen LogP contribution in [0.25, 0.3) is 10.9 Å². The van der Waals surface area contributed by atoms with Gasteiger partial charge < -0.3 is 5.32 Å². The van der Waals surface area contributed by atoms with Gasteiger partial charge in [0, 0.05) is 17.0 Å². The van der Waals surface area contributed by atoms with Crippen LogP contribution in [0.4, 0.5) is 10.2 Å². The van der Waals surface area contributed by atoms with Gasteiger partial charge in [0.2, 0.25) is 0 Å². The van der Waals surface area contributed by atoms with E-state index in [2.05, 4.69) is 15.3 Å². The summed E-state index contributed by atoms with van der Waals surface area (Å²) in [5.41, 5.74) is 1.47. The van der Waals surface area contributed by atoms with E-state index in [0.29, 0.717) is 23.6 Å². The van der Waals surface area contributed by atoms with Crippen LogP contribution in [-0.2, 0) is 6.42 Å². The SMILES string of the molecule is Fc1ccccc1CCNc1ncnc2cc(Cl)ccc12. The number of halogens is 2. The third-order valence-electron chi connectivity index (χ3n) is 3.24. The molecule has 0 aliphatic rings. The minimum Gasteiger partial charge on any atom is -0.369 e. The fourth-order valence-electron chi connectivity index (χ4n) is 2.19. The van der Waals surface area contributed by atoms with Crippen LogP contribution in [0.15, 0.2) is 48.8 Å². The first-order valence-electron chi connectivity index (χ1n) is 6.61. The molecule has 1 aromatic heterocycles. The van der Waals surface area contributed by atoms with Crippen LogP contribution in [0, 0.1) is 5.82 Å². The summed E-state index contributed by atoms with van der Waals surface area (Å²) in [5.74, 6) is 0.548. The third kappa shape index (κ3) is 3.11. The molecule has 3 aromatic rings. The molecule has 1 N–H and O–H groups in total. The highest BCUT2D eigenvalue weighted by molar-refractivity contribution is 6.31. The fraction of sp³-hybridized carbons (Fsp3) is 0.125. The molecule has 3 rings (SSSR count). The number of nitrogens with one attached hydrogen (secondary N) is 1. The molecule has 0 saturated carbocycles. The lowest BCUT2D eigenvalue weighted by atomic mass is 10.1. The summed E-state index contributed by atoms with van der Waals surface area (Å²) in [4.78, 5) is 8.42. The number of nitrogens with zero attached hydrogens (tertiary/aromatic N) is 2. The summed E-state index contributed by atoms with van der Waals surface area (Å²) in [5, 5.41) is 4.76. The highest BCUT2D eigenvalue weighted by atomic mass is 35.5. The average molecular weight is 302 g/mol. The van der Waals surface area contributed by atoms with E-state index in [9.17, 15) is 4.39 Å². The van der Waals surface area contributed by atoms with Crippen molar-refractivity contribution in [3.8, 4) is 0 Å². The summed E-state index contributed by atoms with van der Waals surface area (Å²) in [6.45, 7) is 0.593. The molecule has 3 nitrogen and oxygen atoms in total. The Labute approximate surface area is 126 Å². The van der Waals surface area contributed by atoms with Crippen LogP contribution in [0.5, 0.6) is 0 Å². The Bertz CT molecular complexity index is 776. The van der Waals surface area contributed by atoms with E-state index in [1.807, 2.05) is 12.1 Å². The second kappa shape index (κ2) is 6.06. The molecule has 0 spiro atoms. The number of aromatic nitrogens is 2. The Morgan fingerprint density at radius 1 is 1.10 bits per heavy atom. The van der Waals surface area contributed by atoms with Gasteiger partial charge in [0.1, 0.15) is 18.0 Å². The summed E-state index contributed by atoms with van der Waals surface area (Å²) < 4.78 is 13.5. The zero-order chi connectivity index (χ0) is 14.7. The largest absolute Gasteiger partial charge is 0.369 e. The highest BCUT2D eigenvalue weighted by Gasteiger charge is 2.05. The second-order valence-electron chi connectivity index (χ2n) is 4.65. The molecule has 0 atom stereocenters. The molecule has 0 aliphatic carbocycles. The number of hydrogen-bond donors (Lipinski definition) is 1. The van der Waals surface area contributed by atoms with Gasteiger partial charge in [-0.05, 0) is 36.2 Å². The second-order valence-corrected chi connectivity index (χ2v) is 5.09. The molecule has 0 radical (unpaired) electrons. The van der Waals surface area contributed by atoms with Crippen molar-refractivity contribution in [2.24, 2.45) is 0 Å². The van der Waals surface area contributed by atoms with Crippen molar-refractivity contribution in [3.63, 3.8) is 0 Å². The summed E-state index contributed by atoms with van der Waals surface area (Å²) in [6, 6.07) is 12.2. The van der Waals surface area contributed by atoms with Gasteiger partial charge in [-0.2, -0.15) is 0 Å². The highest BCUT2D eigenvalue weighted by Crippen LogP contribution is 2.22. The quantitative estimate of drug-likeness (QED) is 0.789. The molecular weight excluding hydrogens is 289 g/mol. The van der Waals surface area contributed by atoms with E-state index in [0.717, 1.165) is 16.7 Å². The average Bonchev–Trinajstić information content (AvgIpc) is 2.49. The lowest BCUT2D eigenvalue weighted by Crippen LogP contribution is -2.08. The van der Waals surface area contributed by atoms with Gasteiger partial charge >= 0.3 is 0 Å². The number of anilines is 1. The van der Waals surface area contributed by atoms with Crippen LogP contribution in [-0.4, -0.2) is 16.5 Å². The first kappa shape index (κ1) is 13.8. The van der Waals surface area contributed by atoms with Gasteiger partial charge in [-0.25, -0.2) is 14.4 Å². The van der Waals surface area contributed by atoms with Crippen molar-refractivity contribution >= 4 is 28.3 Å². The Morgan fingerprint density at radius 2 is 1.95 bits per heavy atom. The van der Waals surface area contributed by atoms with Crippen molar-refractivity contribution in [2.75, 3.05) is 11.9 Å². The van der Waals surface area contributed by atoms with Crippen molar-refractivity contribution < 1.29 is 4.39 Å². The maximum atomic E-state index is 13.5. The first-order chi connectivity index (χ1) is 10.2. The van der Waals surface area contributed by atoms with E-state index >= 15 is 0 Å². The van der Waals surface area contributed by atoms with Crippen LogP contribution in [0.1, 0.15) is 5.56 Å². The molecule has 0 bridgehead atoms. The predicted molar refractivity (Wildman–Crippen MR) is 83.1 cm³/mol. The van der Waals surface area contributed by atoms with Crippen LogP contribution < -0.4 is 5.32 Å². The van der Waals surface area contributed by atoms with Gasteiger partial charge in [-0.1, -0.05) is 29.8 Å². The lowest BCUT2D eigenvalue weighted by molar-refractivity contribution is 0.610. The molecule has 106 valence electrons. The zero-order valence-electron chi connectivity index (χ0n) is 11.2. The smallest absolute Gasteiger partial charge is 0.137 e. The van der Waals surface area contributed by atoms with Gasteiger partial charge in [0.15, 0.2) is 0 Å². The van der Waals surface area contributed by atoms with Gasteiger partial charge in [-0.3, -0.25) is 0 Å². The Kier molecular flexibility index (Phi) is 3.97. The van der Waals surface area contributed by atoms with Crippen molar-refractivity contribution in [3.05, 3.63) is 65.2 Å². The molecule has 2 aromatic carbocycles. The molecule has 0 fully saturated rings. The maximum Gasteiger partial charge on any atom is 0.137 e. The van der Waals surface area contributed by atoms with Crippen LogP contribution in [0.3, 0.4) is 0 Å². The predicted octanol–water partition coefficient (Wildman–Crippen LogP) is 4.08. The Morgan fingerprint density at radius 3 is 2.81 bits per heavy atom. The van der Waals surface area contributed by atoms with Crippen LogP contribution >= 0.6 is 11.6 Å². The fourth-order valence-corrected chi connectivity index (χ4v) is 2.35. The van der Waals surface area contributed by atoms with E-state index < -0.39 is 0 Å². The summed E-state index contributed by atoms with van der Waals surface area (Å²) >= 11 is 5.95. The van der Waals surface area contributed by atoms with E-state index in [1.165, 1.54) is 12.4 Å². The molecule has 0 saturated heterocycles. The molecule has 0 aliphatic heterocycles. The summed E-state index contributed by atoms with van der Waals surface area (Å²) in [6.07, 6.45) is 2.08. The van der Waals surface area contributed by atoms with Crippen molar-refractivity contribution in [2.45, 2.75) is 6.42 Å². The Balaban J connectivity index is 1.75. The molecule has 0 amide bonds. The van der Waals surface area contributed by atoms with E-state index in [-0.39, 0.29) is 5.82 Å². The van der Waals surface area contributed by atoms with E-state index in [4.69, 9.17) is 11.6 Å². The number of rotatable bonds is 4. The topological polar surface area (TPSA) is 37.8 Å². The molecule has 0 unspecified atom stereocenters. The zero-order valence-corrected chi connectivity index (χ0v) is 11.9. The third-order valence-corrected chi connectivity index (χ3v) is 3.48. The monoisotopic (exact) mass is 301 g/mol. The molecule has 5 heteroatoms. The summed E-state index contributed by atoms with van der Waals surface area (Å²) in [7, 11) is 0. The van der Waals surface area contributed by atoms with E-state index in [1.54, 1.807) is 24.3 Å². The van der Waals surface area contributed by atoms with Gasteiger partial charge in [0.05, 0.1) is 5.52 Å². The van der Waals surface area contributed by atoms with Crippen molar-refractivity contribution in [1.82, 2.24) is 9.97 Å². The molecule has 21 heavy (non-hydrogen) atoms.